The first-order chi connectivity index (χ1) is 14.8. The van der Waals surface area contributed by atoms with Gasteiger partial charge in [-0.15, -0.1) is 0 Å². The largest absolute Gasteiger partial charge is 0.369 e. The lowest BCUT2D eigenvalue weighted by atomic mass is 9.66. The molecule has 0 amide bonds. The number of carbonyl (C=O) groups excluding carboxylic acids is 1. The van der Waals surface area contributed by atoms with Crippen molar-refractivity contribution in [1.82, 2.24) is 10.2 Å². The lowest BCUT2D eigenvalue weighted by Gasteiger charge is -2.54. The zero-order valence-electron chi connectivity index (χ0n) is 20.1. The molecule has 4 aliphatic heterocycles. The number of hydrogen-bond donors (Lipinski definition) is 1. The van der Waals surface area contributed by atoms with Gasteiger partial charge in [-0.2, -0.15) is 0 Å². The van der Waals surface area contributed by atoms with Crippen LogP contribution in [0.5, 0.6) is 0 Å². The number of piperidine rings is 3. The molecule has 2 aliphatic carbocycles. The number of ether oxygens (including phenoxy) is 1. The number of carbonyl (C=O) groups is 1. The van der Waals surface area contributed by atoms with Crippen molar-refractivity contribution in [3.8, 4) is 0 Å². The summed E-state index contributed by atoms with van der Waals surface area (Å²) in [6, 6.07) is 0.543. The number of nitrogens with zero attached hydrogens (tertiary/aromatic N) is 1. The molecule has 6 rings (SSSR count). The van der Waals surface area contributed by atoms with Crippen LogP contribution in [0.4, 0.5) is 0 Å². The lowest BCUT2D eigenvalue weighted by molar-refractivity contribution is -0.132. The summed E-state index contributed by atoms with van der Waals surface area (Å²) in [4.78, 5) is 14.7. The average molecular weight is 427 g/mol. The molecule has 0 radical (unpaired) electrons. The van der Waals surface area contributed by atoms with Crippen molar-refractivity contribution in [3.05, 3.63) is 11.1 Å². The third-order valence-electron chi connectivity index (χ3n) is 10.9. The highest BCUT2D eigenvalue weighted by Gasteiger charge is 2.59. The minimum absolute atomic E-state index is 0.0468. The van der Waals surface area contributed by atoms with Crippen LogP contribution < -0.4 is 5.32 Å². The Morgan fingerprint density at radius 3 is 2.87 bits per heavy atom. The molecule has 4 nitrogen and oxygen atoms in total. The van der Waals surface area contributed by atoms with Crippen LogP contribution in [0.1, 0.15) is 79.1 Å². The fourth-order valence-electron chi connectivity index (χ4n) is 9.11. The molecule has 4 heteroatoms. The van der Waals surface area contributed by atoms with E-state index < -0.39 is 0 Å². The van der Waals surface area contributed by atoms with Crippen molar-refractivity contribution in [2.75, 3.05) is 19.6 Å². The maximum atomic E-state index is 12.1. The molecule has 1 saturated carbocycles. The second kappa shape index (κ2) is 7.14. The molecule has 31 heavy (non-hydrogen) atoms. The third-order valence-corrected chi connectivity index (χ3v) is 10.9. The minimum Gasteiger partial charge on any atom is -0.369 e. The van der Waals surface area contributed by atoms with Crippen LogP contribution in [0.2, 0.25) is 0 Å². The van der Waals surface area contributed by atoms with E-state index in [4.69, 9.17) is 4.74 Å². The highest BCUT2D eigenvalue weighted by molar-refractivity contribution is 5.81. The first-order valence-electron chi connectivity index (χ1n) is 13.2. The van der Waals surface area contributed by atoms with Gasteiger partial charge in [0.15, 0.2) is 0 Å². The van der Waals surface area contributed by atoms with Gasteiger partial charge in [0.05, 0.1) is 18.2 Å². The van der Waals surface area contributed by atoms with Gasteiger partial charge in [-0.1, -0.05) is 25.0 Å². The van der Waals surface area contributed by atoms with Gasteiger partial charge >= 0.3 is 0 Å². The summed E-state index contributed by atoms with van der Waals surface area (Å²) in [6.07, 6.45) is 9.72. The van der Waals surface area contributed by atoms with E-state index in [9.17, 15) is 4.79 Å². The molecule has 0 aromatic rings. The first-order valence-corrected chi connectivity index (χ1v) is 13.2. The Bertz CT molecular complexity index is 807. The van der Waals surface area contributed by atoms with Gasteiger partial charge in [0.25, 0.3) is 0 Å². The molecule has 6 aliphatic rings. The Balaban J connectivity index is 1.28. The van der Waals surface area contributed by atoms with E-state index in [0.717, 1.165) is 56.0 Å². The summed E-state index contributed by atoms with van der Waals surface area (Å²) >= 11 is 0. The topological polar surface area (TPSA) is 41.6 Å². The zero-order chi connectivity index (χ0) is 21.5. The quantitative estimate of drug-likeness (QED) is 0.585. The van der Waals surface area contributed by atoms with Crippen LogP contribution >= 0.6 is 0 Å². The monoisotopic (exact) mass is 426 g/mol. The van der Waals surface area contributed by atoms with Crippen LogP contribution in [-0.4, -0.2) is 53.6 Å². The molecule has 4 heterocycles. The van der Waals surface area contributed by atoms with Crippen molar-refractivity contribution in [2.45, 2.75) is 102 Å². The van der Waals surface area contributed by atoms with E-state index in [1.165, 1.54) is 32.1 Å². The number of hydrogen-bond acceptors (Lipinski definition) is 4. The number of nitrogens with one attached hydrogen (secondary N) is 1. The molecule has 5 fully saturated rings. The van der Waals surface area contributed by atoms with Crippen LogP contribution in [-0.2, 0) is 9.53 Å². The molecule has 1 spiro atoms. The van der Waals surface area contributed by atoms with Gasteiger partial charge in [0, 0.05) is 23.9 Å². The van der Waals surface area contributed by atoms with Crippen molar-refractivity contribution < 1.29 is 9.53 Å². The molecule has 0 bridgehead atoms. The summed E-state index contributed by atoms with van der Waals surface area (Å²) in [5.74, 6) is 4.08. The SMILES string of the molecule is CC1=C2CC3C(CCN4CC(=O)CCC34C)C2CCC2(C1)OC1C[C@H](C)CNC1C2C. The molecular formula is C27H42N2O2. The van der Waals surface area contributed by atoms with Crippen LogP contribution in [0.15, 0.2) is 11.1 Å². The van der Waals surface area contributed by atoms with Crippen LogP contribution in [0.3, 0.4) is 0 Å². The summed E-state index contributed by atoms with van der Waals surface area (Å²) in [7, 11) is 0. The number of Topliss-reactive ketones (excluding diaryl/α,β-unsaturated/α-hetero) is 1. The van der Waals surface area contributed by atoms with Gasteiger partial charge in [0.2, 0.25) is 0 Å². The Labute approximate surface area is 188 Å². The molecule has 8 unspecified atom stereocenters. The maximum Gasteiger partial charge on any atom is 0.146 e. The standard InChI is InChI=1S/C27H42N2O2/c1-16-11-24-25(28-14-16)18(3)27(31-24)9-6-20-21-7-10-29-15-19(30)5-8-26(29,4)23(21)12-22(20)17(2)13-27/h16,18,20-21,23-25,28H,5-15H2,1-4H3/t16-,18?,20?,21?,23?,24?,25?,26?,27?/m0/s1. The molecule has 9 atom stereocenters. The van der Waals surface area contributed by atoms with Gasteiger partial charge in [-0.25, -0.2) is 0 Å². The van der Waals surface area contributed by atoms with E-state index in [1.54, 1.807) is 11.1 Å². The normalized spacial score (nSPS) is 52.5. The highest BCUT2D eigenvalue weighted by Crippen LogP contribution is 2.59. The van der Waals surface area contributed by atoms with Crippen molar-refractivity contribution in [2.24, 2.45) is 29.6 Å². The van der Waals surface area contributed by atoms with Gasteiger partial charge in [-0.3, -0.25) is 9.69 Å². The molecule has 1 N–H and O–H groups in total. The molecule has 172 valence electrons. The minimum atomic E-state index is 0.0468. The van der Waals surface area contributed by atoms with Crippen molar-refractivity contribution in [1.29, 1.82) is 0 Å². The summed E-state index contributed by atoms with van der Waals surface area (Å²) in [5.41, 5.74) is 3.72. The second-order valence-electron chi connectivity index (χ2n) is 12.5. The number of rotatable bonds is 0. The zero-order valence-corrected chi connectivity index (χ0v) is 20.1. The fraction of sp³-hybridized carbons (Fsp3) is 0.889. The molecular weight excluding hydrogens is 384 g/mol. The number of fused-ring (bicyclic) bond motifs is 6. The van der Waals surface area contributed by atoms with Crippen molar-refractivity contribution >= 4 is 5.78 Å². The van der Waals surface area contributed by atoms with Gasteiger partial charge in [0.1, 0.15) is 5.78 Å². The van der Waals surface area contributed by atoms with E-state index in [1.807, 2.05) is 0 Å². The van der Waals surface area contributed by atoms with Crippen molar-refractivity contribution in [3.63, 3.8) is 0 Å². The van der Waals surface area contributed by atoms with Crippen LogP contribution in [0.25, 0.3) is 0 Å². The fourth-order valence-corrected chi connectivity index (χ4v) is 9.11. The highest BCUT2D eigenvalue weighted by atomic mass is 16.5. The molecule has 4 saturated heterocycles. The van der Waals surface area contributed by atoms with E-state index >= 15 is 0 Å². The predicted octanol–water partition coefficient (Wildman–Crippen LogP) is 4.34. The smallest absolute Gasteiger partial charge is 0.146 e. The number of allylic oxidation sites excluding steroid dienone is 1. The molecule has 0 aromatic heterocycles. The lowest BCUT2D eigenvalue weighted by Crippen LogP contribution is -2.61. The maximum absolute atomic E-state index is 12.1. The first kappa shape index (κ1) is 20.9. The third kappa shape index (κ3) is 3.00. The average Bonchev–Trinajstić information content (AvgIpc) is 3.19. The molecule has 0 aromatic carbocycles. The Hall–Kier alpha value is -0.710. The second-order valence-corrected chi connectivity index (χ2v) is 12.5. The Morgan fingerprint density at radius 1 is 1.19 bits per heavy atom. The predicted molar refractivity (Wildman–Crippen MR) is 123 cm³/mol. The van der Waals surface area contributed by atoms with Crippen LogP contribution in [0, 0.1) is 29.6 Å². The summed E-state index contributed by atoms with van der Waals surface area (Å²) in [6.45, 7) is 12.7. The van der Waals surface area contributed by atoms with E-state index in [2.05, 4.69) is 37.9 Å². The van der Waals surface area contributed by atoms with Gasteiger partial charge in [-0.05, 0) is 95.6 Å². The van der Waals surface area contributed by atoms with E-state index in [-0.39, 0.29) is 11.1 Å². The number of ketones is 1. The van der Waals surface area contributed by atoms with Gasteiger partial charge < -0.3 is 10.1 Å². The van der Waals surface area contributed by atoms with E-state index in [0.29, 0.717) is 30.4 Å². The summed E-state index contributed by atoms with van der Waals surface area (Å²) < 4.78 is 7.00. The Morgan fingerprint density at radius 2 is 2.03 bits per heavy atom. The summed E-state index contributed by atoms with van der Waals surface area (Å²) in [5, 5.41) is 3.85. The Kier molecular flexibility index (Phi) is 4.81.